The van der Waals surface area contributed by atoms with E-state index in [1.54, 1.807) is 6.07 Å². The summed E-state index contributed by atoms with van der Waals surface area (Å²) in [6, 6.07) is 5.68. The Morgan fingerprint density at radius 1 is 1.50 bits per heavy atom. The Hall–Kier alpha value is -1.43. The number of carbonyl (C=O) groups is 1. The van der Waals surface area contributed by atoms with Crippen molar-refractivity contribution >= 4 is 5.91 Å². The molecular formula is C13H18N2O3. The Bertz CT molecular complexity index is 434. The molecule has 4 N–H and O–H groups in total. The summed E-state index contributed by atoms with van der Waals surface area (Å²) in [6.07, 6.45) is -0.0725. The van der Waals surface area contributed by atoms with Crippen molar-refractivity contribution in [2.75, 3.05) is 19.7 Å². The smallest absolute Gasteiger partial charge is 0.251 e. The van der Waals surface area contributed by atoms with Crippen molar-refractivity contribution in [2.45, 2.75) is 19.1 Å². The van der Waals surface area contributed by atoms with Crippen molar-refractivity contribution in [1.29, 1.82) is 0 Å². The Morgan fingerprint density at radius 3 is 3.11 bits per heavy atom. The highest BCUT2D eigenvalue weighted by Gasteiger charge is 2.17. The van der Waals surface area contributed by atoms with E-state index in [4.69, 9.17) is 5.11 Å². The quantitative estimate of drug-likeness (QED) is 0.576. The Morgan fingerprint density at radius 2 is 2.33 bits per heavy atom. The lowest BCUT2D eigenvalue weighted by molar-refractivity contribution is 0.0801. The summed E-state index contributed by atoms with van der Waals surface area (Å²) in [5.74, 6) is -0.193. The van der Waals surface area contributed by atoms with Crippen LogP contribution in [0.2, 0.25) is 0 Å². The van der Waals surface area contributed by atoms with E-state index in [-0.39, 0.29) is 19.1 Å². The molecule has 0 saturated heterocycles. The van der Waals surface area contributed by atoms with Gasteiger partial charge in [0, 0.05) is 18.7 Å². The lowest BCUT2D eigenvalue weighted by Gasteiger charge is -2.20. The number of hydrogen-bond acceptors (Lipinski definition) is 4. The summed E-state index contributed by atoms with van der Waals surface area (Å²) in [5, 5.41) is 23.8. The van der Waals surface area contributed by atoms with Crippen LogP contribution in [0, 0.1) is 0 Å². The monoisotopic (exact) mass is 250 g/mol. The van der Waals surface area contributed by atoms with Gasteiger partial charge in [-0.2, -0.15) is 0 Å². The van der Waals surface area contributed by atoms with Gasteiger partial charge in [0.25, 0.3) is 5.91 Å². The summed E-state index contributed by atoms with van der Waals surface area (Å²) in [4.78, 5) is 12.0. The van der Waals surface area contributed by atoms with E-state index in [0.717, 1.165) is 30.6 Å². The third-order valence-corrected chi connectivity index (χ3v) is 3.09. The van der Waals surface area contributed by atoms with Gasteiger partial charge >= 0.3 is 0 Å². The van der Waals surface area contributed by atoms with Crippen LogP contribution in [0.25, 0.3) is 0 Å². The Balaban J connectivity index is 2.10. The first-order valence-corrected chi connectivity index (χ1v) is 6.11. The summed E-state index contributed by atoms with van der Waals surface area (Å²) < 4.78 is 0. The molecule has 1 unspecified atom stereocenters. The van der Waals surface area contributed by atoms with Crippen LogP contribution in [0.15, 0.2) is 18.2 Å². The van der Waals surface area contributed by atoms with Gasteiger partial charge in [-0.05, 0) is 30.2 Å². The van der Waals surface area contributed by atoms with Crippen LogP contribution in [0.5, 0.6) is 0 Å². The lowest BCUT2D eigenvalue weighted by Crippen LogP contribution is -2.35. The van der Waals surface area contributed by atoms with Crippen LogP contribution in [0.1, 0.15) is 21.5 Å². The molecule has 2 rings (SSSR count). The minimum atomic E-state index is -0.907. The molecule has 5 heteroatoms. The summed E-state index contributed by atoms with van der Waals surface area (Å²) in [7, 11) is 0. The fraction of sp³-hybridized carbons (Fsp3) is 0.462. The first-order valence-electron chi connectivity index (χ1n) is 6.11. The molecule has 0 aliphatic carbocycles. The Kier molecular flexibility index (Phi) is 4.30. The summed E-state index contributed by atoms with van der Waals surface area (Å²) in [6.45, 7) is 1.38. The van der Waals surface area contributed by atoms with Gasteiger partial charge in [0.1, 0.15) is 0 Å². The van der Waals surface area contributed by atoms with E-state index in [1.165, 1.54) is 0 Å². The van der Waals surface area contributed by atoms with Gasteiger partial charge in [0.2, 0.25) is 0 Å². The molecule has 1 aromatic rings. The molecule has 0 saturated carbocycles. The first kappa shape index (κ1) is 13.0. The second-order valence-corrected chi connectivity index (χ2v) is 4.42. The SMILES string of the molecule is O=C(NCC(O)CO)c1cccc2c1CCNC2. The minimum absolute atomic E-state index is 0.0667. The molecule has 1 aliphatic heterocycles. The molecule has 1 aromatic carbocycles. The highest BCUT2D eigenvalue weighted by atomic mass is 16.3. The highest BCUT2D eigenvalue weighted by molar-refractivity contribution is 5.96. The molecule has 1 atom stereocenters. The van der Waals surface area contributed by atoms with Crippen molar-refractivity contribution < 1.29 is 15.0 Å². The third-order valence-electron chi connectivity index (χ3n) is 3.09. The maximum absolute atomic E-state index is 12.0. The van der Waals surface area contributed by atoms with E-state index in [0.29, 0.717) is 5.56 Å². The minimum Gasteiger partial charge on any atom is -0.394 e. The fourth-order valence-corrected chi connectivity index (χ4v) is 2.11. The van der Waals surface area contributed by atoms with Crippen LogP contribution < -0.4 is 10.6 Å². The number of nitrogens with one attached hydrogen (secondary N) is 2. The molecule has 0 aromatic heterocycles. The van der Waals surface area contributed by atoms with Gasteiger partial charge in [-0.15, -0.1) is 0 Å². The number of aliphatic hydroxyl groups is 2. The average Bonchev–Trinajstić information content (AvgIpc) is 2.43. The molecule has 0 bridgehead atoms. The first-order chi connectivity index (χ1) is 8.72. The summed E-state index contributed by atoms with van der Waals surface area (Å²) >= 11 is 0. The topological polar surface area (TPSA) is 81.6 Å². The van der Waals surface area contributed by atoms with Crippen molar-refractivity contribution in [3.05, 3.63) is 34.9 Å². The normalized spacial score (nSPS) is 15.9. The zero-order valence-electron chi connectivity index (χ0n) is 10.1. The van der Waals surface area contributed by atoms with Crippen molar-refractivity contribution in [2.24, 2.45) is 0 Å². The van der Waals surface area contributed by atoms with Crippen LogP contribution >= 0.6 is 0 Å². The van der Waals surface area contributed by atoms with Gasteiger partial charge in [-0.25, -0.2) is 0 Å². The van der Waals surface area contributed by atoms with Crippen molar-refractivity contribution in [3.8, 4) is 0 Å². The fourth-order valence-electron chi connectivity index (χ4n) is 2.11. The van der Waals surface area contributed by atoms with Gasteiger partial charge < -0.3 is 20.8 Å². The number of benzene rings is 1. The highest BCUT2D eigenvalue weighted by Crippen LogP contribution is 2.18. The van der Waals surface area contributed by atoms with Crippen LogP contribution in [0.4, 0.5) is 0 Å². The van der Waals surface area contributed by atoms with E-state index >= 15 is 0 Å². The molecule has 18 heavy (non-hydrogen) atoms. The molecule has 0 fully saturated rings. The third kappa shape index (κ3) is 2.87. The number of fused-ring (bicyclic) bond motifs is 1. The maximum atomic E-state index is 12.0. The van der Waals surface area contributed by atoms with Gasteiger partial charge in [0.15, 0.2) is 0 Å². The van der Waals surface area contributed by atoms with Gasteiger partial charge in [0.05, 0.1) is 12.7 Å². The van der Waals surface area contributed by atoms with Gasteiger partial charge in [-0.3, -0.25) is 4.79 Å². The zero-order valence-corrected chi connectivity index (χ0v) is 10.1. The summed E-state index contributed by atoms with van der Waals surface area (Å²) in [5.41, 5.74) is 2.89. The van der Waals surface area contributed by atoms with E-state index in [2.05, 4.69) is 10.6 Å². The molecule has 1 amide bonds. The number of carbonyl (C=O) groups excluding carboxylic acids is 1. The van der Waals surface area contributed by atoms with Gasteiger partial charge in [-0.1, -0.05) is 12.1 Å². The van der Waals surface area contributed by atoms with E-state index in [1.807, 2.05) is 12.1 Å². The van der Waals surface area contributed by atoms with E-state index in [9.17, 15) is 9.90 Å². The molecule has 98 valence electrons. The zero-order chi connectivity index (χ0) is 13.0. The number of hydrogen-bond donors (Lipinski definition) is 4. The number of rotatable bonds is 4. The average molecular weight is 250 g/mol. The maximum Gasteiger partial charge on any atom is 0.251 e. The van der Waals surface area contributed by atoms with Crippen molar-refractivity contribution in [1.82, 2.24) is 10.6 Å². The second kappa shape index (κ2) is 5.95. The molecule has 0 spiro atoms. The predicted octanol–water partition coefficient (Wildman–Crippen LogP) is -0.585. The van der Waals surface area contributed by atoms with Crippen LogP contribution in [-0.2, 0) is 13.0 Å². The molecule has 0 radical (unpaired) electrons. The number of aliphatic hydroxyl groups excluding tert-OH is 2. The van der Waals surface area contributed by atoms with Crippen LogP contribution in [0.3, 0.4) is 0 Å². The molecular weight excluding hydrogens is 232 g/mol. The standard InChI is InChI=1S/C13H18N2O3/c16-8-10(17)7-15-13(18)12-3-1-2-9-6-14-5-4-11(9)12/h1-3,10,14,16-17H,4-8H2,(H,15,18). The largest absolute Gasteiger partial charge is 0.394 e. The van der Waals surface area contributed by atoms with E-state index < -0.39 is 6.10 Å². The lowest BCUT2D eigenvalue weighted by atomic mass is 9.95. The Labute approximate surface area is 106 Å². The molecule has 1 heterocycles. The molecule has 5 nitrogen and oxygen atoms in total. The number of amides is 1. The second-order valence-electron chi connectivity index (χ2n) is 4.42. The van der Waals surface area contributed by atoms with Crippen molar-refractivity contribution in [3.63, 3.8) is 0 Å². The predicted molar refractivity (Wildman–Crippen MR) is 67.3 cm³/mol. The van der Waals surface area contributed by atoms with Crippen LogP contribution in [-0.4, -0.2) is 41.9 Å². The molecule has 1 aliphatic rings.